The molecule has 3 aromatic rings. The van der Waals surface area contributed by atoms with E-state index in [1.54, 1.807) is 12.4 Å². The molecule has 2 atom stereocenters. The first-order chi connectivity index (χ1) is 16.6. The van der Waals surface area contributed by atoms with E-state index in [0.29, 0.717) is 30.2 Å². The number of nitriles is 1. The summed E-state index contributed by atoms with van der Waals surface area (Å²) in [7, 11) is 0. The van der Waals surface area contributed by atoms with Crippen molar-refractivity contribution in [2.24, 2.45) is 5.92 Å². The van der Waals surface area contributed by atoms with E-state index in [4.69, 9.17) is 11.6 Å². The molecule has 2 aromatic heterocycles. The molecule has 0 spiro atoms. The van der Waals surface area contributed by atoms with Gasteiger partial charge in [-0.25, -0.2) is 4.68 Å². The van der Waals surface area contributed by atoms with Gasteiger partial charge in [0.15, 0.2) is 17.9 Å². The molecule has 5 rings (SSSR count). The molecule has 34 heavy (non-hydrogen) atoms. The fourth-order valence-electron chi connectivity index (χ4n) is 4.41. The summed E-state index contributed by atoms with van der Waals surface area (Å²) >= 11 is 6.16. The van der Waals surface area contributed by atoms with Crippen LogP contribution in [0.4, 0.5) is 0 Å². The zero-order valence-corrected chi connectivity index (χ0v) is 19.4. The Bertz CT molecular complexity index is 1330. The summed E-state index contributed by atoms with van der Waals surface area (Å²) in [6, 6.07) is 13.6. The van der Waals surface area contributed by atoms with Gasteiger partial charge in [0.05, 0.1) is 18.5 Å². The molecule has 1 aliphatic carbocycles. The zero-order valence-electron chi connectivity index (χ0n) is 18.6. The van der Waals surface area contributed by atoms with Crippen LogP contribution in [0, 0.1) is 17.2 Å². The Hall–Kier alpha value is -3.73. The first kappa shape index (κ1) is 22.1. The van der Waals surface area contributed by atoms with Crippen molar-refractivity contribution in [2.45, 2.75) is 26.0 Å². The maximum Gasteiger partial charge on any atom is 0.184 e. The number of aliphatic hydroxyl groups excluding tert-OH is 1. The highest BCUT2D eigenvalue weighted by atomic mass is 35.5. The molecule has 7 nitrogen and oxygen atoms in total. The van der Waals surface area contributed by atoms with Gasteiger partial charge in [-0.1, -0.05) is 48.9 Å². The van der Waals surface area contributed by atoms with E-state index in [1.165, 1.54) is 0 Å². The smallest absolute Gasteiger partial charge is 0.184 e. The molecule has 3 heterocycles. The molecule has 170 valence electrons. The lowest BCUT2D eigenvalue weighted by molar-refractivity contribution is 0.194. The minimum atomic E-state index is -0.968. The minimum Gasteiger partial charge on any atom is -0.368 e. The van der Waals surface area contributed by atoms with Crippen LogP contribution in [-0.4, -0.2) is 37.7 Å². The number of pyridine rings is 1. The number of allylic oxidation sites excluding steroid dienone is 2. The van der Waals surface area contributed by atoms with E-state index in [2.05, 4.69) is 27.3 Å². The van der Waals surface area contributed by atoms with Crippen LogP contribution in [0.5, 0.6) is 0 Å². The van der Waals surface area contributed by atoms with Crippen molar-refractivity contribution in [3.8, 4) is 6.07 Å². The molecule has 0 radical (unpaired) electrons. The quantitative estimate of drug-likeness (QED) is 0.602. The summed E-state index contributed by atoms with van der Waals surface area (Å²) in [6.45, 7) is 2.46. The molecule has 2 aliphatic rings. The van der Waals surface area contributed by atoms with Gasteiger partial charge in [0, 0.05) is 35.0 Å². The summed E-state index contributed by atoms with van der Waals surface area (Å²) in [4.78, 5) is 4.15. The van der Waals surface area contributed by atoms with Crippen LogP contribution in [0.1, 0.15) is 36.1 Å². The molecular formula is C26H23ClN6O. The number of hydrogen-bond acceptors (Lipinski definition) is 6. The van der Waals surface area contributed by atoms with E-state index in [0.717, 1.165) is 33.7 Å². The topological polar surface area (TPSA) is 90.9 Å². The van der Waals surface area contributed by atoms with Gasteiger partial charge in [0.25, 0.3) is 0 Å². The number of hydrogen-bond donors (Lipinski definition) is 1. The van der Waals surface area contributed by atoms with Crippen LogP contribution in [0.25, 0.3) is 11.1 Å². The van der Waals surface area contributed by atoms with Crippen molar-refractivity contribution in [2.75, 3.05) is 11.6 Å². The number of nitrogens with zero attached hydrogens (tertiary/aromatic N) is 6. The van der Waals surface area contributed by atoms with Gasteiger partial charge in [-0.05, 0) is 47.4 Å². The van der Waals surface area contributed by atoms with Crippen molar-refractivity contribution in [1.82, 2.24) is 19.9 Å². The largest absolute Gasteiger partial charge is 0.368 e. The second-order valence-electron chi connectivity index (χ2n) is 8.22. The van der Waals surface area contributed by atoms with Crippen LogP contribution in [0.15, 0.2) is 72.6 Å². The van der Waals surface area contributed by atoms with E-state index < -0.39 is 6.23 Å². The molecule has 0 fully saturated rings. The lowest BCUT2D eigenvalue weighted by atomic mass is 9.91. The maximum atomic E-state index is 11.8. The van der Waals surface area contributed by atoms with Gasteiger partial charge in [-0.15, -0.1) is 10.2 Å². The predicted octanol–water partition coefficient (Wildman–Crippen LogP) is 4.14. The van der Waals surface area contributed by atoms with Gasteiger partial charge in [0.2, 0.25) is 0 Å². The average Bonchev–Trinajstić information content (AvgIpc) is 3.31. The Labute approximate surface area is 202 Å². The molecule has 2 unspecified atom stereocenters. The standard InChI is InChI=1S/C26H23ClN6O/c1-2-22-30-31-25-23(19-7-9-21(27)10-8-19)24(20-11-13-29-14-12-20)26(34)32(33(22)25)16-18-5-3-17(15-28)4-6-18/h3,5-14,17,26,34H,2,4,16H2,1H3. The highest BCUT2D eigenvalue weighted by Crippen LogP contribution is 2.39. The number of halogens is 1. The highest BCUT2D eigenvalue weighted by molar-refractivity contribution is 6.30. The minimum absolute atomic E-state index is 0.115. The number of aryl methyl sites for hydroxylation is 1. The Morgan fingerprint density at radius 3 is 2.53 bits per heavy atom. The molecule has 1 aliphatic heterocycles. The fraction of sp³-hybridized carbons (Fsp3) is 0.231. The van der Waals surface area contributed by atoms with Crippen LogP contribution in [0.3, 0.4) is 0 Å². The molecule has 8 heteroatoms. The third kappa shape index (κ3) is 3.92. The van der Waals surface area contributed by atoms with Crippen molar-refractivity contribution >= 4 is 22.7 Å². The first-order valence-corrected chi connectivity index (χ1v) is 11.6. The molecule has 0 saturated carbocycles. The van der Waals surface area contributed by atoms with E-state index in [-0.39, 0.29) is 5.92 Å². The monoisotopic (exact) mass is 470 g/mol. The van der Waals surface area contributed by atoms with Gasteiger partial charge in [0.1, 0.15) is 0 Å². The Kier molecular flexibility index (Phi) is 6.01. The second-order valence-corrected chi connectivity index (χ2v) is 8.65. The van der Waals surface area contributed by atoms with Crippen molar-refractivity contribution in [3.63, 3.8) is 0 Å². The number of benzene rings is 1. The summed E-state index contributed by atoms with van der Waals surface area (Å²) < 4.78 is 1.92. The Morgan fingerprint density at radius 1 is 1.12 bits per heavy atom. The third-order valence-electron chi connectivity index (χ3n) is 6.12. The zero-order chi connectivity index (χ0) is 23.7. The van der Waals surface area contributed by atoms with E-state index in [9.17, 15) is 10.4 Å². The number of rotatable bonds is 5. The molecule has 0 bridgehead atoms. The van der Waals surface area contributed by atoms with E-state index >= 15 is 0 Å². The van der Waals surface area contributed by atoms with Gasteiger partial charge in [-0.3, -0.25) is 9.99 Å². The van der Waals surface area contributed by atoms with Crippen LogP contribution in [-0.2, 0) is 6.42 Å². The van der Waals surface area contributed by atoms with Crippen LogP contribution in [0.2, 0.25) is 5.02 Å². The predicted molar refractivity (Wildman–Crippen MR) is 131 cm³/mol. The lowest BCUT2D eigenvalue weighted by Crippen LogP contribution is -2.49. The summed E-state index contributed by atoms with van der Waals surface area (Å²) in [5.41, 5.74) is 4.29. The summed E-state index contributed by atoms with van der Waals surface area (Å²) in [6.07, 6.45) is 9.70. The SMILES string of the molecule is CCc1nnc2n1N(CC1=CCC(C#N)C=C1)C(O)C(c1ccncc1)=C2c1ccc(Cl)cc1. The second kappa shape index (κ2) is 9.26. The molecule has 1 N–H and O–H groups in total. The van der Waals surface area contributed by atoms with Crippen molar-refractivity contribution in [3.05, 3.63) is 100 Å². The highest BCUT2D eigenvalue weighted by Gasteiger charge is 2.36. The van der Waals surface area contributed by atoms with Gasteiger partial charge in [-0.2, -0.15) is 5.26 Å². The number of aromatic nitrogens is 4. The van der Waals surface area contributed by atoms with Crippen molar-refractivity contribution in [1.29, 1.82) is 5.26 Å². The maximum absolute atomic E-state index is 11.8. The Balaban J connectivity index is 1.69. The summed E-state index contributed by atoms with van der Waals surface area (Å²) in [5, 5.41) is 32.6. The Morgan fingerprint density at radius 2 is 1.88 bits per heavy atom. The molecular weight excluding hydrogens is 448 g/mol. The normalized spacial score (nSPS) is 19.6. The lowest BCUT2D eigenvalue weighted by Gasteiger charge is -2.39. The molecule has 1 aromatic carbocycles. The fourth-order valence-corrected chi connectivity index (χ4v) is 4.54. The average molecular weight is 471 g/mol. The molecule has 0 saturated heterocycles. The third-order valence-corrected chi connectivity index (χ3v) is 6.38. The van der Waals surface area contributed by atoms with Crippen LogP contribution >= 0.6 is 11.6 Å². The first-order valence-electron chi connectivity index (χ1n) is 11.2. The van der Waals surface area contributed by atoms with Gasteiger partial charge >= 0.3 is 0 Å². The van der Waals surface area contributed by atoms with E-state index in [1.807, 2.05) is 65.2 Å². The van der Waals surface area contributed by atoms with Crippen molar-refractivity contribution < 1.29 is 5.11 Å². The van der Waals surface area contributed by atoms with Gasteiger partial charge < -0.3 is 5.11 Å². The molecule has 0 amide bonds. The number of aliphatic hydroxyl groups is 1. The van der Waals surface area contributed by atoms with Crippen LogP contribution < -0.4 is 5.01 Å². The number of fused-ring (bicyclic) bond motifs is 1. The summed E-state index contributed by atoms with van der Waals surface area (Å²) in [5.74, 6) is 1.30.